The van der Waals surface area contributed by atoms with E-state index >= 15 is 0 Å². The number of rotatable bonds is 5. The zero-order chi connectivity index (χ0) is 15.0. The molecule has 5 nitrogen and oxygen atoms in total. The van der Waals surface area contributed by atoms with Crippen LogP contribution in [0.25, 0.3) is 0 Å². The van der Waals surface area contributed by atoms with E-state index < -0.39 is 0 Å². The molecule has 0 spiro atoms. The molecule has 120 valence electrons. The molecule has 5 heteroatoms. The van der Waals surface area contributed by atoms with E-state index in [1.807, 2.05) is 0 Å². The van der Waals surface area contributed by atoms with E-state index in [0.717, 1.165) is 31.9 Å². The Bertz CT molecular complexity index is 492. The molecule has 1 fully saturated rings. The van der Waals surface area contributed by atoms with Crippen LogP contribution in [0.2, 0.25) is 0 Å². The molecule has 1 aromatic heterocycles. The Kier molecular flexibility index (Phi) is 5.62. The summed E-state index contributed by atoms with van der Waals surface area (Å²) < 4.78 is 0. The van der Waals surface area contributed by atoms with Crippen molar-refractivity contribution in [3.8, 4) is 0 Å². The van der Waals surface area contributed by atoms with Gasteiger partial charge in [-0.1, -0.05) is 24.5 Å². The maximum absolute atomic E-state index is 4.64. The molecule has 0 radical (unpaired) electrons. The SMILES string of the molecule is C1=C(CCNc2nncc(N3CCCCCC3)n2)CCCC1. The summed E-state index contributed by atoms with van der Waals surface area (Å²) in [5.41, 5.74) is 1.58. The quantitative estimate of drug-likeness (QED) is 0.843. The lowest BCUT2D eigenvalue weighted by Crippen LogP contribution is -2.25. The van der Waals surface area contributed by atoms with Gasteiger partial charge in [0.05, 0.1) is 6.20 Å². The Morgan fingerprint density at radius 3 is 2.68 bits per heavy atom. The summed E-state index contributed by atoms with van der Waals surface area (Å²) in [4.78, 5) is 6.99. The van der Waals surface area contributed by atoms with Gasteiger partial charge in [0.25, 0.3) is 0 Å². The smallest absolute Gasteiger partial charge is 0.244 e. The number of allylic oxidation sites excluding steroid dienone is 1. The monoisotopic (exact) mass is 301 g/mol. The van der Waals surface area contributed by atoms with Gasteiger partial charge < -0.3 is 10.2 Å². The van der Waals surface area contributed by atoms with Crippen molar-refractivity contribution >= 4 is 11.8 Å². The van der Waals surface area contributed by atoms with Gasteiger partial charge in [-0.05, 0) is 44.9 Å². The Labute approximate surface area is 133 Å². The average Bonchev–Trinajstić information content (AvgIpc) is 2.85. The molecule has 1 aliphatic carbocycles. The van der Waals surface area contributed by atoms with E-state index in [9.17, 15) is 0 Å². The van der Waals surface area contributed by atoms with Crippen LogP contribution in [0.5, 0.6) is 0 Å². The summed E-state index contributed by atoms with van der Waals surface area (Å²) in [5.74, 6) is 1.63. The first-order valence-electron chi connectivity index (χ1n) is 8.78. The van der Waals surface area contributed by atoms with Crippen molar-refractivity contribution in [1.82, 2.24) is 15.2 Å². The molecule has 3 rings (SSSR count). The highest BCUT2D eigenvalue weighted by atomic mass is 15.3. The number of nitrogens with zero attached hydrogens (tertiary/aromatic N) is 4. The average molecular weight is 301 g/mol. The van der Waals surface area contributed by atoms with Crippen molar-refractivity contribution < 1.29 is 0 Å². The lowest BCUT2D eigenvalue weighted by molar-refractivity contribution is 0.678. The van der Waals surface area contributed by atoms with Gasteiger partial charge in [-0.2, -0.15) is 10.1 Å². The van der Waals surface area contributed by atoms with Gasteiger partial charge in [-0.3, -0.25) is 0 Å². The molecule has 2 heterocycles. The zero-order valence-electron chi connectivity index (χ0n) is 13.4. The van der Waals surface area contributed by atoms with Gasteiger partial charge in [0.15, 0.2) is 5.82 Å². The summed E-state index contributed by atoms with van der Waals surface area (Å²) in [6, 6.07) is 0. The highest BCUT2D eigenvalue weighted by molar-refractivity contribution is 5.40. The molecule has 0 atom stereocenters. The summed E-state index contributed by atoms with van der Waals surface area (Å²) in [6.07, 6.45) is 15.6. The summed E-state index contributed by atoms with van der Waals surface area (Å²) in [5, 5.41) is 11.6. The first-order valence-corrected chi connectivity index (χ1v) is 8.78. The van der Waals surface area contributed by atoms with Crippen LogP contribution < -0.4 is 10.2 Å². The third-order valence-electron chi connectivity index (χ3n) is 4.59. The molecule has 1 aliphatic heterocycles. The lowest BCUT2D eigenvalue weighted by Gasteiger charge is -2.21. The highest BCUT2D eigenvalue weighted by Crippen LogP contribution is 2.20. The van der Waals surface area contributed by atoms with Crippen molar-refractivity contribution in [3.63, 3.8) is 0 Å². The molecule has 0 bridgehead atoms. The molecule has 1 aromatic rings. The molecule has 22 heavy (non-hydrogen) atoms. The van der Waals surface area contributed by atoms with Crippen molar-refractivity contribution in [1.29, 1.82) is 0 Å². The van der Waals surface area contributed by atoms with Crippen molar-refractivity contribution in [2.75, 3.05) is 29.9 Å². The van der Waals surface area contributed by atoms with Crippen LogP contribution >= 0.6 is 0 Å². The Hall–Kier alpha value is -1.65. The lowest BCUT2D eigenvalue weighted by atomic mass is 9.97. The largest absolute Gasteiger partial charge is 0.355 e. The van der Waals surface area contributed by atoms with Gasteiger partial charge >= 0.3 is 0 Å². The van der Waals surface area contributed by atoms with Crippen LogP contribution in [0.15, 0.2) is 17.8 Å². The van der Waals surface area contributed by atoms with Gasteiger partial charge in [0.2, 0.25) is 5.95 Å². The maximum Gasteiger partial charge on any atom is 0.244 e. The molecule has 0 saturated carbocycles. The van der Waals surface area contributed by atoms with E-state index in [2.05, 4.69) is 31.5 Å². The van der Waals surface area contributed by atoms with E-state index in [-0.39, 0.29) is 0 Å². The van der Waals surface area contributed by atoms with Gasteiger partial charge in [0, 0.05) is 19.6 Å². The molecule has 1 N–H and O–H groups in total. The third kappa shape index (κ3) is 4.42. The van der Waals surface area contributed by atoms with Crippen molar-refractivity contribution in [3.05, 3.63) is 17.8 Å². The van der Waals surface area contributed by atoms with Gasteiger partial charge in [-0.25, -0.2) is 0 Å². The molecule has 0 unspecified atom stereocenters. The van der Waals surface area contributed by atoms with E-state index in [0.29, 0.717) is 5.95 Å². The molecular formula is C17H27N5. The van der Waals surface area contributed by atoms with Crippen LogP contribution in [0, 0.1) is 0 Å². The molecule has 1 saturated heterocycles. The Morgan fingerprint density at radius 2 is 1.91 bits per heavy atom. The van der Waals surface area contributed by atoms with Crippen molar-refractivity contribution in [2.45, 2.75) is 57.8 Å². The van der Waals surface area contributed by atoms with Gasteiger partial charge in [-0.15, -0.1) is 5.10 Å². The number of hydrogen-bond donors (Lipinski definition) is 1. The highest BCUT2D eigenvalue weighted by Gasteiger charge is 2.12. The second-order valence-corrected chi connectivity index (χ2v) is 6.32. The normalized spacial score (nSPS) is 19.5. The summed E-state index contributed by atoms with van der Waals surface area (Å²) >= 11 is 0. The maximum atomic E-state index is 4.64. The summed E-state index contributed by atoms with van der Waals surface area (Å²) in [7, 11) is 0. The first kappa shape index (κ1) is 15.3. The minimum atomic E-state index is 0.665. The fourth-order valence-corrected chi connectivity index (χ4v) is 3.29. The van der Waals surface area contributed by atoms with Crippen LogP contribution in [0.3, 0.4) is 0 Å². The molecule has 0 amide bonds. The molecule has 2 aliphatic rings. The second kappa shape index (κ2) is 8.11. The van der Waals surface area contributed by atoms with E-state index in [1.165, 1.54) is 51.4 Å². The zero-order valence-corrected chi connectivity index (χ0v) is 13.4. The standard InChI is InChI=1S/C17H27N5/c1-2-7-13-22(12-6-1)16-14-19-21-17(20-16)18-11-10-15-8-4-3-5-9-15/h8,14H,1-7,9-13H2,(H,18,20,21). The number of hydrogen-bond acceptors (Lipinski definition) is 5. The fourth-order valence-electron chi connectivity index (χ4n) is 3.29. The minimum Gasteiger partial charge on any atom is -0.355 e. The number of anilines is 2. The Morgan fingerprint density at radius 1 is 1.05 bits per heavy atom. The fraction of sp³-hybridized carbons (Fsp3) is 0.706. The van der Waals surface area contributed by atoms with Crippen LogP contribution in [-0.2, 0) is 0 Å². The van der Waals surface area contributed by atoms with Crippen LogP contribution in [0.4, 0.5) is 11.8 Å². The van der Waals surface area contributed by atoms with Crippen molar-refractivity contribution in [2.24, 2.45) is 0 Å². The van der Waals surface area contributed by atoms with Crippen LogP contribution in [0.1, 0.15) is 57.8 Å². The van der Waals surface area contributed by atoms with Crippen LogP contribution in [-0.4, -0.2) is 34.8 Å². The van der Waals surface area contributed by atoms with E-state index in [1.54, 1.807) is 11.8 Å². The first-order chi connectivity index (χ1) is 10.9. The second-order valence-electron chi connectivity index (χ2n) is 6.32. The number of nitrogens with one attached hydrogen (secondary N) is 1. The van der Waals surface area contributed by atoms with Gasteiger partial charge in [0.1, 0.15) is 0 Å². The minimum absolute atomic E-state index is 0.665. The predicted octanol–water partition coefficient (Wildman–Crippen LogP) is 3.55. The predicted molar refractivity (Wildman–Crippen MR) is 90.2 cm³/mol. The number of aromatic nitrogens is 3. The third-order valence-corrected chi connectivity index (χ3v) is 4.59. The topological polar surface area (TPSA) is 53.9 Å². The molecular weight excluding hydrogens is 274 g/mol. The van der Waals surface area contributed by atoms with E-state index in [4.69, 9.17) is 0 Å². The Balaban J connectivity index is 1.53. The molecule has 0 aromatic carbocycles. The summed E-state index contributed by atoms with van der Waals surface area (Å²) in [6.45, 7) is 3.08.